The number of benzene rings is 1. The molecule has 0 aliphatic carbocycles. The van der Waals surface area contributed by atoms with Crippen LogP contribution in [0.3, 0.4) is 0 Å². The predicted molar refractivity (Wildman–Crippen MR) is 54.9 cm³/mol. The fraction of sp³-hybridized carbons (Fsp3) is 0.100. The molecule has 96 valence electrons. The van der Waals surface area contributed by atoms with Crippen LogP contribution < -0.4 is 0 Å². The molecule has 1 aromatic carbocycles. The first kappa shape index (κ1) is 13.7. The minimum absolute atomic E-state index is 0.233. The zero-order valence-electron chi connectivity index (χ0n) is 8.72. The molecule has 0 saturated carbocycles. The highest BCUT2D eigenvalue weighted by molar-refractivity contribution is 5.78. The number of phenols is 1. The standard InChI is InChI=1S/C8H6N2O.C2HF3O2/c11-7-2-1-6-4-9-5-10-8(6)3-7;3-2(4,5)1(6)7/h1-5,11H;(H,6,7). The van der Waals surface area contributed by atoms with Gasteiger partial charge in [-0.3, -0.25) is 0 Å². The number of aliphatic carboxylic acids is 1. The second-order valence-corrected chi connectivity index (χ2v) is 3.07. The van der Waals surface area contributed by atoms with E-state index >= 15 is 0 Å². The van der Waals surface area contributed by atoms with E-state index in [-0.39, 0.29) is 5.75 Å². The smallest absolute Gasteiger partial charge is 0.490 e. The average molecular weight is 260 g/mol. The van der Waals surface area contributed by atoms with Gasteiger partial charge in [0.05, 0.1) is 5.52 Å². The summed E-state index contributed by atoms with van der Waals surface area (Å²) in [4.78, 5) is 16.7. The SMILES string of the molecule is O=C(O)C(F)(F)F.Oc1ccc2cncnc2c1. The second kappa shape index (κ2) is 5.30. The van der Waals surface area contributed by atoms with Crippen molar-refractivity contribution in [1.29, 1.82) is 0 Å². The van der Waals surface area contributed by atoms with Gasteiger partial charge >= 0.3 is 12.1 Å². The fourth-order valence-corrected chi connectivity index (χ4v) is 0.962. The molecule has 2 rings (SSSR count). The zero-order valence-corrected chi connectivity index (χ0v) is 8.72. The molecule has 8 heteroatoms. The monoisotopic (exact) mass is 260 g/mol. The van der Waals surface area contributed by atoms with Crippen LogP contribution >= 0.6 is 0 Å². The maximum atomic E-state index is 10.6. The normalized spacial score (nSPS) is 10.6. The number of aromatic hydroxyl groups is 1. The number of rotatable bonds is 0. The van der Waals surface area contributed by atoms with Gasteiger partial charge in [-0.05, 0) is 12.1 Å². The number of alkyl halides is 3. The number of hydrogen-bond donors (Lipinski definition) is 2. The minimum atomic E-state index is -5.08. The fourth-order valence-electron chi connectivity index (χ4n) is 0.962. The Morgan fingerprint density at radius 3 is 2.44 bits per heavy atom. The molecule has 0 aliphatic rings. The van der Waals surface area contributed by atoms with Crippen molar-refractivity contribution in [3.63, 3.8) is 0 Å². The van der Waals surface area contributed by atoms with Crippen LogP contribution in [0.1, 0.15) is 0 Å². The maximum Gasteiger partial charge on any atom is 0.490 e. The van der Waals surface area contributed by atoms with Crippen LogP contribution in [0.15, 0.2) is 30.7 Å². The van der Waals surface area contributed by atoms with Gasteiger partial charge in [-0.25, -0.2) is 14.8 Å². The molecule has 0 aliphatic heterocycles. The first-order valence-corrected chi connectivity index (χ1v) is 4.49. The van der Waals surface area contributed by atoms with E-state index in [1.807, 2.05) is 0 Å². The van der Waals surface area contributed by atoms with Gasteiger partial charge in [0.15, 0.2) is 0 Å². The average Bonchev–Trinajstić information content (AvgIpc) is 2.28. The van der Waals surface area contributed by atoms with Gasteiger partial charge in [-0.2, -0.15) is 13.2 Å². The Balaban J connectivity index is 0.000000203. The molecule has 0 saturated heterocycles. The number of carbonyl (C=O) groups is 1. The van der Waals surface area contributed by atoms with Crippen LogP contribution in [0.25, 0.3) is 10.9 Å². The Morgan fingerprint density at radius 1 is 1.28 bits per heavy atom. The minimum Gasteiger partial charge on any atom is -0.508 e. The molecule has 5 nitrogen and oxygen atoms in total. The molecule has 0 radical (unpaired) electrons. The number of fused-ring (bicyclic) bond motifs is 1. The molecule has 0 unspecified atom stereocenters. The molecule has 1 heterocycles. The highest BCUT2D eigenvalue weighted by Gasteiger charge is 2.38. The number of nitrogens with zero attached hydrogens (tertiary/aromatic N) is 2. The molecule has 0 atom stereocenters. The van der Waals surface area contributed by atoms with E-state index in [1.165, 1.54) is 6.33 Å². The summed E-state index contributed by atoms with van der Waals surface area (Å²) < 4.78 is 31.7. The summed E-state index contributed by atoms with van der Waals surface area (Å²) in [5.41, 5.74) is 0.764. The van der Waals surface area contributed by atoms with Gasteiger partial charge in [0.25, 0.3) is 0 Å². The van der Waals surface area contributed by atoms with E-state index in [2.05, 4.69) is 9.97 Å². The van der Waals surface area contributed by atoms with Crippen molar-refractivity contribution in [3.8, 4) is 5.75 Å². The van der Waals surface area contributed by atoms with Crippen molar-refractivity contribution in [3.05, 3.63) is 30.7 Å². The summed E-state index contributed by atoms with van der Waals surface area (Å²) in [6, 6.07) is 5.01. The zero-order chi connectivity index (χ0) is 13.8. The van der Waals surface area contributed by atoms with Gasteiger partial charge < -0.3 is 10.2 Å². The third-order valence-corrected chi connectivity index (χ3v) is 1.73. The number of hydrogen-bond acceptors (Lipinski definition) is 4. The Morgan fingerprint density at radius 2 is 1.89 bits per heavy atom. The number of carboxylic acids is 1. The van der Waals surface area contributed by atoms with E-state index < -0.39 is 12.1 Å². The van der Waals surface area contributed by atoms with E-state index in [0.29, 0.717) is 0 Å². The Labute approximate surface area is 98.5 Å². The molecule has 18 heavy (non-hydrogen) atoms. The predicted octanol–water partition coefficient (Wildman–Crippen LogP) is 1.97. The number of phenolic OH excluding ortho intramolecular Hbond substituents is 1. The number of halogens is 3. The van der Waals surface area contributed by atoms with Crippen molar-refractivity contribution < 1.29 is 28.2 Å². The van der Waals surface area contributed by atoms with Gasteiger partial charge in [0.2, 0.25) is 0 Å². The van der Waals surface area contributed by atoms with Gasteiger partial charge in [-0.15, -0.1) is 0 Å². The molecular weight excluding hydrogens is 253 g/mol. The van der Waals surface area contributed by atoms with E-state index in [0.717, 1.165) is 10.9 Å². The Hall–Kier alpha value is -2.38. The largest absolute Gasteiger partial charge is 0.508 e. The molecule has 1 aromatic heterocycles. The first-order valence-electron chi connectivity index (χ1n) is 4.49. The van der Waals surface area contributed by atoms with Crippen molar-refractivity contribution >= 4 is 16.9 Å². The van der Waals surface area contributed by atoms with Gasteiger partial charge in [0.1, 0.15) is 12.1 Å². The molecule has 0 amide bonds. The van der Waals surface area contributed by atoms with Crippen LogP contribution in [0, 0.1) is 0 Å². The van der Waals surface area contributed by atoms with Gasteiger partial charge in [-0.1, -0.05) is 0 Å². The Bertz CT molecular complexity index is 557. The highest BCUT2D eigenvalue weighted by atomic mass is 19.4. The van der Waals surface area contributed by atoms with Crippen LogP contribution in [0.5, 0.6) is 5.75 Å². The lowest BCUT2D eigenvalue weighted by atomic mass is 10.2. The molecule has 2 N–H and O–H groups in total. The summed E-state index contributed by atoms with van der Waals surface area (Å²) in [5, 5.41) is 17.1. The first-order chi connectivity index (χ1) is 8.30. The third-order valence-electron chi connectivity index (χ3n) is 1.73. The van der Waals surface area contributed by atoms with Crippen LogP contribution in [0.2, 0.25) is 0 Å². The topological polar surface area (TPSA) is 83.3 Å². The maximum absolute atomic E-state index is 10.6. The van der Waals surface area contributed by atoms with Crippen molar-refractivity contribution in [2.45, 2.75) is 6.18 Å². The van der Waals surface area contributed by atoms with Crippen molar-refractivity contribution in [1.82, 2.24) is 9.97 Å². The number of carboxylic acid groups (broad SMARTS) is 1. The van der Waals surface area contributed by atoms with E-state index in [9.17, 15) is 13.2 Å². The third kappa shape index (κ3) is 3.89. The van der Waals surface area contributed by atoms with Crippen LogP contribution in [-0.4, -0.2) is 32.3 Å². The number of aromatic nitrogens is 2. The van der Waals surface area contributed by atoms with Crippen LogP contribution in [-0.2, 0) is 4.79 Å². The summed E-state index contributed by atoms with van der Waals surface area (Å²) in [7, 11) is 0. The lowest BCUT2D eigenvalue weighted by molar-refractivity contribution is -0.192. The molecular formula is C10H7F3N2O3. The summed E-state index contributed by atoms with van der Waals surface area (Å²) in [6.45, 7) is 0. The van der Waals surface area contributed by atoms with E-state index in [4.69, 9.17) is 15.0 Å². The lowest BCUT2D eigenvalue weighted by Gasteiger charge is -1.94. The van der Waals surface area contributed by atoms with Crippen molar-refractivity contribution in [2.75, 3.05) is 0 Å². The highest BCUT2D eigenvalue weighted by Crippen LogP contribution is 2.15. The quantitative estimate of drug-likeness (QED) is 0.756. The molecule has 0 fully saturated rings. The Kier molecular flexibility index (Phi) is 4.03. The van der Waals surface area contributed by atoms with Crippen LogP contribution in [0.4, 0.5) is 13.2 Å². The van der Waals surface area contributed by atoms with E-state index in [1.54, 1.807) is 24.4 Å². The second-order valence-electron chi connectivity index (χ2n) is 3.07. The molecule has 0 spiro atoms. The lowest BCUT2D eigenvalue weighted by Crippen LogP contribution is -2.21. The molecule has 0 bridgehead atoms. The van der Waals surface area contributed by atoms with Crippen molar-refractivity contribution in [2.24, 2.45) is 0 Å². The summed E-state index contributed by atoms with van der Waals surface area (Å²) in [6.07, 6.45) is -1.91. The summed E-state index contributed by atoms with van der Waals surface area (Å²) in [5.74, 6) is -2.52. The summed E-state index contributed by atoms with van der Waals surface area (Å²) >= 11 is 0. The molecule has 2 aromatic rings. The van der Waals surface area contributed by atoms with Gasteiger partial charge in [0, 0.05) is 17.6 Å².